The number of rotatable bonds is 7. The summed E-state index contributed by atoms with van der Waals surface area (Å²) >= 11 is 0. The van der Waals surface area contributed by atoms with E-state index in [0.29, 0.717) is 31.0 Å². The summed E-state index contributed by atoms with van der Waals surface area (Å²) in [4.78, 5) is 39.4. The van der Waals surface area contributed by atoms with Crippen LogP contribution in [-0.2, 0) is 19.1 Å². The number of likely N-dealkylation sites (tertiary alicyclic amines) is 1. The maximum atomic E-state index is 13.8. The Labute approximate surface area is 180 Å². The summed E-state index contributed by atoms with van der Waals surface area (Å²) in [5.41, 5.74) is 1.06. The third-order valence-corrected chi connectivity index (χ3v) is 5.34. The Balaban J connectivity index is 1.91. The van der Waals surface area contributed by atoms with Gasteiger partial charge in [0.2, 0.25) is 0 Å². The number of carbonyl (C=O) groups excluding carboxylic acids is 3. The van der Waals surface area contributed by atoms with Crippen molar-refractivity contribution in [2.24, 2.45) is 5.92 Å². The zero-order valence-electron chi connectivity index (χ0n) is 17.8. The van der Waals surface area contributed by atoms with Crippen LogP contribution >= 0.6 is 0 Å². The monoisotopic (exact) mass is 433 g/mol. The van der Waals surface area contributed by atoms with Gasteiger partial charge in [0, 0.05) is 18.8 Å². The highest BCUT2D eigenvalue weighted by Gasteiger charge is 2.35. The molecular weight excluding hydrogens is 405 g/mol. The second-order valence-corrected chi connectivity index (χ2v) is 7.53. The van der Waals surface area contributed by atoms with Gasteiger partial charge in [-0.15, -0.1) is 0 Å². The Bertz CT molecular complexity index is 872. The molecule has 31 heavy (non-hydrogen) atoms. The number of halogens is 1. The first kappa shape index (κ1) is 22.7. The molecule has 9 heteroatoms. The van der Waals surface area contributed by atoms with Gasteiger partial charge < -0.3 is 20.1 Å². The number of hydrogen-bond donors (Lipinski definition) is 2. The van der Waals surface area contributed by atoms with Crippen molar-refractivity contribution < 1.29 is 28.2 Å². The summed E-state index contributed by atoms with van der Waals surface area (Å²) < 4.78 is 24.2. The van der Waals surface area contributed by atoms with Crippen molar-refractivity contribution in [3.8, 4) is 0 Å². The number of esters is 2. The highest BCUT2D eigenvalue weighted by Crippen LogP contribution is 2.29. The highest BCUT2D eigenvalue weighted by molar-refractivity contribution is 5.95. The molecule has 0 radical (unpaired) electrons. The zero-order valence-corrected chi connectivity index (χ0v) is 17.8. The van der Waals surface area contributed by atoms with Crippen LogP contribution in [0.3, 0.4) is 0 Å². The summed E-state index contributed by atoms with van der Waals surface area (Å²) in [6.07, 6.45) is 1.53. The number of piperidine rings is 1. The summed E-state index contributed by atoms with van der Waals surface area (Å²) in [6, 6.07) is 4.42. The lowest BCUT2D eigenvalue weighted by molar-refractivity contribution is -0.150. The van der Waals surface area contributed by atoms with E-state index >= 15 is 0 Å². The number of urea groups is 1. The average Bonchev–Trinajstić information content (AvgIpc) is 2.74. The van der Waals surface area contributed by atoms with E-state index in [-0.39, 0.29) is 30.6 Å². The number of ether oxygens (including phenoxy) is 2. The van der Waals surface area contributed by atoms with Crippen molar-refractivity contribution in [3.63, 3.8) is 0 Å². The minimum Gasteiger partial charge on any atom is -0.466 e. The average molecular weight is 433 g/mol. The first-order chi connectivity index (χ1) is 14.9. The lowest BCUT2D eigenvalue weighted by Gasteiger charge is -2.35. The van der Waals surface area contributed by atoms with Crippen LogP contribution in [0.1, 0.15) is 38.3 Å². The lowest BCUT2D eigenvalue weighted by Crippen LogP contribution is -2.50. The van der Waals surface area contributed by atoms with Crippen LogP contribution in [0.15, 0.2) is 35.5 Å². The van der Waals surface area contributed by atoms with Gasteiger partial charge in [-0.25, -0.2) is 14.0 Å². The van der Waals surface area contributed by atoms with E-state index in [1.165, 1.54) is 18.2 Å². The van der Waals surface area contributed by atoms with Crippen LogP contribution < -0.4 is 10.6 Å². The molecule has 168 valence electrons. The Morgan fingerprint density at radius 1 is 1.23 bits per heavy atom. The molecule has 0 saturated carbocycles. The van der Waals surface area contributed by atoms with Gasteiger partial charge in [0.15, 0.2) is 0 Å². The molecule has 8 nitrogen and oxygen atoms in total. The Hall–Kier alpha value is -2.94. The third-order valence-electron chi connectivity index (χ3n) is 5.34. The Morgan fingerprint density at radius 2 is 2.00 bits per heavy atom. The molecule has 2 atom stereocenters. The molecule has 0 spiro atoms. The van der Waals surface area contributed by atoms with Gasteiger partial charge in [0.1, 0.15) is 5.82 Å². The van der Waals surface area contributed by atoms with Crippen LogP contribution in [0.25, 0.3) is 0 Å². The van der Waals surface area contributed by atoms with E-state index in [0.717, 1.165) is 12.8 Å². The van der Waals surface area contributed by atoms with Crippen LogP contribution in [0.4, 0.5) is 9.18 Å². The third kappa shape index (κ3) is 5.61. The maximum absolute atomic E-state index is 13.8. The van der Waals surface area contributed by atoms with Gasteiger partial charge in [-0.3, -0.25) is 9.69 Å². The van der Waals surface area contributed by atoms with Gasteiger partial charge in [-0.05, 0) is 50.9 Å². The summed E-state index contributed by atoms with van der Waals surface area (Å²) in [5.74, 6) is -1.54. The van der Waals surface area contributed by atoms with Crippen molar-refractivity contribution >= 4 is 18.0 Å². The molecule has 2 aliphatic rings. The fourth-order valence-electron chi connectivity index (χ4n) is 4.00. The predicted octanol–water partition coefficient (Wildman–Crippen LogP) is 2.27. The molecule has 1 aromatic carbocycles. The van der Waals surface area contributed by atoms with E-state index in [2.05, 4.69) is 10.6 Å². The van der Waals surface area contributed by atoms with E-state index in [1.54, 1.807) is 19.9 Å². The smallest absolute Gasteiger partial charge is 0.338 e. The van der Waals surface area contributed by atoms with Crippen LogP contribution in [-0.4, -0.2) is 55.7 Å². The van der Waals surface area contributed by atoms with E-state index in [4.69, 9.17) is 9.47 Å². The van der Waals surface area contributed by atoms with E-state index in [9.17, 15) is 18.8 Å². The van der Waals surface area contributed by atoms with Crippen LogP contribution in [0, 0.1) is 11.7 Å². The van der Waals surface area contributed by atoms with Crippen molar-refractivity contribution in [1.29, 1.82) is 0 Å². The maximum Gasteiger partial charge on any atom is 0.338 e. The van der Waals surface area contributed by atoms with E-state index in [1.807, 2.05) is 4.90 Å². The largest absolute Gasteiger partial charge is 0.466 e. The van der Waals surface area contributed by atoms with Crippen molar-refractivity contribution in [3.05, 3.63) is 46.9 Å². The van der Waals surface area contributed by atoms with Crippen LogP contribution in [0.5, 0.6) is 0 Å². The topological polar surface area (TPSA) is 97.0 Å². The summed E-state index contributed by atoms with van der Waals surface area (Å²) in [5, 5.41) is 5.41. The quantitative estimate of drug-likeness (QED) is 0.641. The molecule has 2 amide bonds. The number of hydrogen-bond acceptors (Lipinski definition) is 6. The molecular formula is C22H28FN3O5. The molecule has 0 aliphatic carbocycles. The molecule has 2 heterocycles. The summed E-state index contributed by atoms with van der Waals surface area (Å²) in [7, 11) is 0. The normalized spacial score (nSPS) is 21.8. The van der Waals surface area contributed by atoms with Crippen LogP contribution in [0.2, 0.25) is 0 Å². The van der Waals surface area contributed by atoms with Crippen molar-refractivity contribution in [2.45, 2.75) is 32.7 Å². The molecule has 0 unspecified atom stereocenters. The molecule has 0 aromatic heterocycles. The number of benzene rings is 1. The lowest BCUT2D eigenvalue weighted by atomic mass is 9.93. The molecule has 0 bridgehead atoms. The molecule has 3 rings (SSSR count). The first-order valence-electron chi connectivity index (χ1n) is 10.5. The van der Waals surface area contributed by atoms with Gasteiger partial charge in [0.05, 0.1) is 30.7 Å². The standard InChI is InChI=1S/C22H28FN3O5/c1-3-30-20(27)15-8-6-10-26(12-15)13-17-18(21(28)31-4-2)19(25-22(29)24-17)14-7-5-9-16(23)11-14/h5,7,9,11,15,19H,3-4,6,8,10,12-13H2,1-2H3,(H2,24,25,29)/t15-,19-/m1/s1. The SMILES string of the molecule is CCOC(=O)C1=C(CN2CCC[C@@H](C(=O)OCC)C2)NC(=O)N[C@@H]1c1cccc(F)c1. The fraction of sp³-hybridized carbons (Fsp3) is 0.500. The van der Waals surface area contributed by atoms with Gasteiger partial charge in [0.25, 0.3) is 0 Å². The fourth-order valence-corrected chi connectivity index (χ4v) is 4.00. The Kier molecular flexibility index (Phi) is 7.62. The number of amides is 2. The number of nitrogens with one attached hydrogen (secondary N) is 2. The molecule has 2 aliphatic heterocycles. The molecule has 2 N–H and O–H groups in total. The first-order valence-corrected chi connectivity index (χ1v) is 10.5. The molecule has 1 saturated heterocycles. The number of carbonyl (C=O) groups is 3. The van der Waals surface area contributed by atoms with E-state index < -0.39 is 23.9 Å². The van der Waals surface area contributed by atoms with Gasteiger partial charge >= 0.3 is 18.0 Å². The zero-order chi connectivity index (χ0) is 22.4. The minimum atomic E-state index is -0.843. The highest BCUT2D eigenvalue weighted by atomic mass is 19.1. The summed E-state index contributed by atoms with van der Waals surface area (Å²) in [6.45, 7) is 5.38. The number of nitrogens with zero attached hydrogens (tertiary/aromatic N) is 1. The minimum absolute atomic E-state index is 0.161. The predicted molar refractivity (Wildman–Crippen MR) is 110 cm³/mol. The van der Waals surface area contributed by atoms with Crippen molar-refractivity contribution in [1.82, 2.24) is 15.5 Å². The second-order valence-electron chi connectivity index (χ2n) is 7.53. The molecule has 1 fully saturated rings. The molecule has 1 aromatic rings. The Morgan fingerprint density at radius 3 is 2.71 bits per heavy atom. The van der Waals surface area contributed by atoms with Crippen molar-refractivity contribution in [2.75, 3.05) is 32.8 Å². The van der Waals surface area contributed by atoms with Gasteiger partial charge in [-0.2, -0.15) is 0 Å². The van der Waals surface area contributed by atoms with Gasteiger partial charge in [-0.1, -0.05) is 12.1 Å². The second kappa shape index (κ2) is 10.4.